The van der Waals surface area contributed by atoms with Crippen LogP contribution in [-0.4, -0.2) is 19.2 Å². The zero-order chi connectivity index (χ0) is 14.8. The van der Waals surface area contributed by atoms with Crippen molar-refractivity contribution in [2.24, 2.45) is 0 Å². The molecule has 0 saturated carbocycles. The van der Waals surface area contributed by atoms with Crippen LogP contribution >= 0.6 is 22.6 Å². The second kappa shape index (κ2) is 5.89. The second-order valence-electron chi connectivity index (χ2n) is 4.09. The van der Waals surface area contributed by atoms with E-state index in [0.29, 0.717) is 5.56 Å². The monoisotopic (exact) mass is 398 g/mol. The highest BCUT2D eigenvalue weighted by Gasteiger charge is 2.18. The molecule has 0 unspecified atom stereocenters. The number of nitrogens with zero attached hydrogens (tertiary/aromatic N) is 2. The Labute approximate surface area is 131 Å². The number of hydrogen-bond donors (Lipinski definition) is 0. The molecule has 0 amide bonds. The van der Waals surface area contributed by atoms with Gasteiger partial charge in [0.05, 0.1) is 5.75 Å². The Bertz CT molecular complexity index is 778. The van der Waals surface area contributed by atoms with Gasteiger partial charge in [-0.25, -0.2) is 13.4 Å². The molecule has 0 N–H and O–H groups in total. The maximum atomic E-state index is 12.0. The van der Waals surface area contributed by atoms with Crippen molar-refractivity contribution in [2.75, 3.05) is 5.75 Å². The Hall–Kier alpha value is -1.46. The molecule has 20 heavy (non-hydrogen) atoms. The van der Waals surface area contributed by atoms with Crippen molar-refractivity contribution in [1.29, 1.82) is 5.26 Å². The smallest absolute Gasteiger partial charge is 0.181 e. The van der Waals surface area contributed by atoms with E-state index in [4.69, 9.17) is 5.26 Å². The van der Waals surface area contributed by atoms with Gasteiger partial charge in [0.2, 0.25) is 0 Å². The molecule has 2 aromatic rings. The second-order valence-corrected chi connectivity index (χ2v) is 7.59. The molecule has 0 aliphatic carbocycles. The number of nitriles is 1. The third-order valence-corrected chi connectivity index (χ3v) is 5.31. The number of hydrogen-bond acceptors (Lipinski definition) is 4. The fourth-order valence-corrected chi connectivity index (χ4v) is 3.09. The zero-order valence-electron chi connectivity index (χ0n) is 10.7. The minimum Gasteiger partial charge on any atom is -0.244 e. The fraction of sp³-hybridized carbons (Fsp3) is 0.143. The number of halogens is 1. The molecular weight excluding hydrogens is 387 g/mol. The minimum atomic E-state index is -3.47. The van der Waals surface area contributed by atoms with E-state index in [2.05, 4.69) is 27.6 Å². The SMILES string of the molecule is CCS(=O)(=O)c1cc(-c2ccc(I)cc2)cnc1C#N. The van der Waals surface area contributed by atoms with Crippen molar-refractivity contribution in [3.05, 3.63) is 45.8 Å². The molecule has 6 heteroatoms. The van der Waals surface area contributed by atoms with Gasteiger partial charge < -0.3 is 0 Å². The highest BCUT2D eigenvalue weighted by molar-refractivity contribution is 14.1. The van der Waals surface area contributed by atoms with Crippen LogP contribution in [0.2, 0.25) is 0 Å². The number of aromatic nitrogens is 1. The van der Waals surface area contributed by atoms with E-state index in [9.17, 15) is 8.42 Å². The van der Waals surface area contributed by atoms with E-state index in [0.717, 1.165) is 9.13 Å². The molecule has 1 aromatic heterocycles. The summed E-state index contributed by atoms with van der Waals surface area (Å²) in [6.45, 7) is 1.55. The summed E-state index contributed by atoms with van der Waals surface area (Å²) in [6, 6.07) is 11.0. The summed E-state index contributed by atoms with van der Waals surface area (Å²) in [6.07, 6.45) is 1.52. The minimum absolute atomic E-state index is 0.00134. The largest absolute Gasteiger partial charge is 0.244 e. The average molecular weight is 398 g/mol. The summed E-state index contributed by atoms with van der Waals surface area (Å²) in [5.74, 6) is -0.0561. The van der Waals surface area contributed by atoms with Crippen molar-refractivity contribution in [3.8, 4) is 17.2 Å². The first kappa shape index (κ1) is 14.9. The van der Waals surface area contributed by atoms with Crippen molar-refractivity contribution in [3.63, 3.8) is 0 Å². The van der Waals surface area contributed by atoms with Gasteiger partial charge in [-0.05, 0) is 46.4 Å². The van der Waals surface area contributed by atoms with Crippen molar-refractivity contribution >= 4 is 32.4 Å². The van der Waals surface area contributed by atoms with Gasteiger partial charge in [-0.3, -0.25) is 0 Å². The molecular formula is C14H11IN2O2S. The lowest BCUT2D eigenvalue weighted by atomic mass is 10.1. The van der Waals surface area contributed by atoms with E-state index in [1.54, 1.807) is 6.92 Å². The van der Waals surface area contributed by atoms with Crippen molar-refractivity contribution < 1.29 is 8.42 Å². The van der Waals surface area contributed by atoms with Crippen molar-refractivity contribution in [2.45, 2.75) is 11.8 Å². The van der Waals surface area contributed by atoms with E-state index in [1.807, 2.05) is 30.3 Å². The van der Waals surface area contributed by atoms with Gasteiger partial charge in [-0.1, -0.05) is 19.1 Å². The quantitative estimate of drug-likeness (QED) is 0.746. The lowest BCUT2D eigenvalue weighted by Gasteiger charge is -2.07. The molecule has 0 aliphatic heterocycles. The first-order valence-corrected chi connectivity index (χ1v) is 8.60. The Morgan fingerprint density at radius 2 is 1.90 bits per heavy atom. The van der Waals surface area contributed by atoms with E-state index < -0.39 is 9.84 Å². The van der Waals surface area contributed by atoms with Gasteiger partial charge in [0, 0.05) is 15.3 Å². The lowest BCUT2D eigenvalue weighted by Crippen LogP contribution is -2.07. The predicted molar refractivity (Wildman–Crippen MR) is 84.8 cm³/mol. The Morgan fingerprint density at radius 1 is 1.25 bits per heavy atom. The highest BCUT2D eigenvalue weighted by atomic mass is 127. The molecule has 2 rings (SSSR count). The van der Waals surface area contributed by atoms with Crippen LogP contribution < -0.4 is 0 Å². The molecule has 0 spiro atoms. The molecule has 1 aromatic carbocycles. The molecule has 1 heterocycles. The maximum absolute atomic E-state index is 12.0. The van der Waals surface area contributed by atoms with E-state index >= 15 is 0 Å². The third-order valence-electron chi connectivity index (χ3n) is 2.85. The topological polar surface area (TPSA) is 70.8 Å². The maximum Gasteiger partial charge on any atom is 0.181 e. The number of sulfone groups is 1. The summed E-state index contributed by atoms with van der Waals surface area (Å²) < 4.78 is 25.1. The summed E-state index contributed by atoms with van der Waals surface area (Å²) in [4.78, 5) is 3.97. The van der Waals surface area contributed by atoms with Crippen LogP contribution in [0.1, 0.15) is 12.6 Å². The summed E-state index contributed by atoms with van der Waals surface area (Å²) in [5, 5.41) is 9.00. The van der Waals surface area contributed by atoms with Crippen LogP contribution in [0.25, 0.3) is 11.1 Å². The molecule has 0 aliphatic rings. The first-order valence-electron chi connectivity index (χ1n) is 5.87. The molecule has 0 atom stereocenters. The van der Waals surface area contributed by atoms with Gasteiger partial charge in [0.15, 0.2) is 15.5 Å². The Morgan fingerprint density at radius 3 is 2.45 bits per heavy atom. The third kappa shape index (κ3) is 2.99. The van der Waals surface area contributed by atoms with Crippen LogP contribution in [0.3, 0.4) is 0 Å². The molecule has 102 valence electrons. The highest BCUT2D eigenvalue weighted by Crippen LogP contribution is 2.24. The van der Waals surface area contributed by atoms with E-state index in [1.165, 1.54) is 12.3 Å². The first-order chi connectivity index (χ1) is 9.47. The van der Waals surface area contributed by atoms with Crippen LogP contribution in [-0.2, 0) is 9.84 Å². The number of pyridine rings is 1. The fourth-order valence-electron chi connectivity index (χ4n) is 1.72. The predicted octanol–water partition coefficient (Wildman–Crippen LogP) is 3.02. The van der Waals surface area contributed by atoms with Gasteiger partial charge >= 0.3 is 0 Å². The number of rotatable bonds is 3. The van der Waals surface area contributed by atoms with Crippen LogP contribution in [0.5, 0.6) is 0 Å². The van der Waals surface area contributed by atoms with Gasteiger partial charge in [0.1, 0.15) is 11.0 Å². The number of benzene rings is 1. The zero-order valence-corrected chi connectivity index (χ0v) is 13.6. The van der Waals surface area contributed by atoms with Gasteiger partial charge in [0.25, 0.3) is 0 Å². The lowest BCUT2D eigenvalue weighted by molar-refractivity contribution is 0.596. The molecule has 0 saturated heterocycles. The molecule has 4 nitrogen and oxygen atoms in total. The Kier molecular flexibility index (Phi) is 4.40. The van der Waals surface area contributed by atoms with Crippen molar-refractivity contribution in [1.82, 2.24) is 4.98 Å². The summed E-state index contributed by atoms with van der Waals surface area (Å²) in [5.41, 5.74) is 1.50. The summed E-state index contributed by atoms with van der Waals surface area (Å²) >= 11 is 2.20. The van der Waals surface area contributed by atoms with Gasteiger partial charge in [-0.2, -0.15) is 5.26 Å². The van der Waals surface area contributed by atoms with E-state index in [-0.39, 0.29) is 16.3 Å². The van der Waals surface area contributed by atoms with Crippen LogP contribution in [0, 0.1) is 14.9 Å². The average Bonchev–Trinajstić information content (AvgIpc) is 2.47. The summed E-state index contributed by atoms with van der Waals surface area (Å²) in [7, 11) is -3.47. The standard InChI is InChI=1S/C14H11IN2O2S/c1-2-20(18,19)14-7-11(9-17-13(14)8-16)10-3-5-12(15)6-4-10/h3-7,9H,2H2,1H3. The molecule has 0 bridgehead atoms. The normalized spacial score (nSPS) is 11.1. The Balaban J connectivity index is 2.62. The molecule has 0 fully saturated rings. The van der Waals surface area contributed by atoms with Crippen LogP contribution in [0.15, 0.2) is 41.4 Å². The van der Waals surface area contributed by atoms with Gasteiger partial charge in [-0.15, -0.1) is 0 Å². The van der Waals surface area contributed by atoms with Crippen LogP contribution in [0.4, 0.5) is 0 Å². The molecule has 0 radical (unpaired) electrons.